The van der Waals surface area contributed by atoms with Crippen molar-refractivity contribution in [2.75, 3.05) is 13.2 Å². The van der Waals surface area contributed by atoms with Gasteiger partial charge in [0.05, 0.1) is 0 Å². The third-order valence-electron chi connectivity index (χ3n) is 1.48. The van der Waals surface area contributed by atoms with E-state index in [2.05, 4.69) is 5.32 Å². The highest BCUT2D eigenvalue weighted by atomic mass is 16.3. The summed E-state index contributed by atoms with van der Waals surface area (Å²) in [5.41, 5.74) is 0. The van der Waals surface area contributed by atoms with Gasteiger partial charge in [-0.2, -0.15) is 0 Å². The summed E-state index contributed by atoms with van der Waals surface area (Å²) in [5.74, 6) is -0.267. The van der Waals surface area contributed by atoms with Crippen molar-refractivity contribution in [1.82, 2.24) is 5.32 Å². The first kappa shape index (κ1) is 12.0. The molecule has 76 valence electrons. The maximum Gasteiger partial charge on any atom is 0.187 e. The summed E-state index contributed by atoms with van der Waals surface area (Å²) in [5, 5.41) is 20.2. The molecule has 0 saturated heterocycles. The monoisotopic (exact) mass is 187 g/mol. The Morgan fingerprint density at radius 1 is 1.38 bits per heavy atom. The molecule has 3 N–H and O–H groups in total. The average molecular weight is 187 g/mol. The van der Waals surface area contributed by atoms with Crippen molar-refractivity contribution in [3.05, 3.63) is 12.0 Å². The van der Waals surface area contributed by atoms with Gasteiger partial charge < -0.3 is 15.5 Å². The highest BCUT2D eigenvalue weighted by Crippen LogP contribution is 1.93. The van der Waals surface area contributed by atoms with E-state index in [0.29, 0.717) is 6.54 Å². The Labute approximate surface area is 78.3 Å². The number of hydrogen-bond donors (Lipinski definition) is 3. The van der Waals surface area contributed by atoms with Crippen LogP contribution in [0, 0.1) is 0 Å². The predicted molar refractivity (Wildman–Crippen MR) is 50.3 cm³/mol. The summed E-state index contributed by atoms with van der Waals surface area (Å²) in [6.45, 7) is 2.20. The number of ketones is 1. The smallest absolute Gasteiger partial charge is 0.187 e. The van der Waals surface area contributed by atoms with Crippen molar-refractivity contribution in [3.8, 4) is 0 Å². The van der Waals surface area contributed by atoms with Crippen LogP contribution in [0.4, 0.5) is 0 Å². The van der Waals surface area contributed by atoms with Crippen LogP contribution >= 0.6 is 0 Å². The van der Waals surface area contributed by atoms with Gasteiger partial charge in [0.15, 0.2) is 11.7 Å². The number of hydrogen-bond acceptors (Lipinski definition) is 4. The molecule has 0 aromatic rings. The fourth-order valence-electron chi connectivity index (χ4n) is 0.874. The van der Waals surface area contributed by atoms with Crippen molar-refractivity contribution in [2.45, 2.75) is 26.2 Å². The zero-order valence-electron chi connectivity index (χ0n) is 7.92. The quantitative estimate of drug-likeness (QED) is 0.312. The molecule has 0 atom stereocenters. The Hall–Kier alpha value is -1.03. The van der Waals surface area contributed by atoms with Gasteiger partial charge in [0, 0.05) is 19.2 Å². The van der Waals surface area contributed by atoms with Crippen LogP contribution in [0.2, 0.25) is 0 Å². The number of allylic oxidation sites excluding steroid dienone is 1. The first-order chi connectivity index (χ1) is 6.16. The van der Waals surface area contributed by atoms with Crippen molar-refractivity contribution >= 4 is 5.78 Å². The molecule has 0 aromatic heterocycles. The minimum Gasteiger partial charge on any atom is -0.495 e. The Morgan fingerprint density at radius 3 is 2.62 bits per heavy atom. The van der Waals surface area contributed by atoms with Gasteiger partial charge in [-0.1, -0.05) is 0 Å². The van der Waals surface area contributed by atoms with Gasteiger partial charge in [-0.3, -0.25) is 4.79 Å². The van der Waals surface area contributed by atoms with Crippen LogP contribution in [0.3, 0.4) is 0 Å². The molecular weight excluding hydrogens is 170 g/mol. The fraction of sp³-hybridized carbons (Fsp3) is 0.667. The summed E-state index contributed by atoms with van der Waals surface area (Å²) in [7, 11) is 0. The standard InChI is InChI=1S/C9H17NO3/c1-8(12)7-9(13)10-5-3-2-4-6-11/h7,10-11,13H,2-6H2,1H3/b9-7-. The van der Waals surface area contributed by atoms with E-state index in [4.69, 9.17) is 10.2 Å². The Kier molecular flexibility index (Phi) is 7.01. The fourth-order valence-corrected chi connectivity index (χ4v) is 0.874. The second-order valence-electron chi connectivity index (χ2n) is 2.85. The van der Waals surface area contributed by atoms with E-state index in [1.165, 1.54) is 6.92 Å². The third kappa shape index (κ3) is 8.88. The summed E-state index contributed by atoms with van der Waals surface area (Å²) < 4.78 is 0. The van der Waals surface area contributed by atoms with Crippen molar-refractivity contribution in [3.63, 3.8) is 0 Å². The molecule has 4 heteroatoms. The van der Waals surface area contributed by atoms with E-state index in [1.807, 2.05) is 0 Å². The lowest BCUT2D eigenvalue weighted by Crippen LogP contribution is -2.15. The minimum absolute atomic E-state index is 0.0866. The van der Waals surface area contributed by atoms with Crippen LogP contribution in [0.5, 0.6) is 0 Å². The molecule has 0 amide bonds. The summed E-state index contributed by atoms with van der Waals surface area (Å²) in [6, 6.07) is 0. The Bertz CT molecular complexity index is 178. The topological polar surface area (TPSA) is 69.6 Å². The number of unbranched alkanes of at least 4 members (excludes halogenated alkanes) is 2. The number of carbonyl (C=O) groups excluding carboxylic acids is 1. The lowest BCUT2D eigenvalue weighted by Gasteiger charge is -2.03. The van der Waals surface area contributed by atoms with E-state index in [9.17, 15) is 4.79 Å². The molecule has 0 aliphatic heterocycles. The lowest BCUT2D eigenvalue weighted by atomic mass is 10.2. The second-order valence-corrected chi connectivity index (χ2v) is 2.85. The second kappa shape index (κ2) is 7.61. The molecule has 0 bridgehead atoms. The number of aliphatic hydroxyl groups excluding tert-OH is 2. The van der Waals surface area contributed by atoms with Crippen molar-refractivity contribution in [2.24, 2.45) is 0 Å². The molecule has 0 saturated carbocycles. The molecule has 0 heterocycles. The highest BCUT2D eigenvalue weighted by Gasteiger charge is 1.93. The van der Waals surface area contributed by atoms with Crippen LogP contribution in [0.15, 0.2) is 12.0 Å². The lowest BCUT2D eigenvalue weighted by molar-refractivity contribution is -0.112. The summed E-state index contributed by atoms with van der Waals surface area (Å²) in [6.07, 6.45) is 3.71. The molecular formula is C9H17NO3. The Balaban J connectivity index is 3.37. The van der Waals surface area contributed by atoms with Gasteiger partial charge in [0.25, 0.3) is 0 Å². The van der Waals surface area contributed by atoms with Crippen molar-refractivity contribution < 1.29 is 15.0 Å². The van der Waals surface area contributed by atoms with Crippen LogP contribution in [-0.4, -0.2) is 29.1 Å². The molecule has 0 aromatic carbocycles. The van der Waals surface area contributed by atoms with Gasteiger partial charge >= 0.3 is 0 Å². The highest BCUT2D eigenvalue weighted by molar-refractivity contribution is 5.87. The molecule has 0 rings (SSSR count). The first-order valence-corrected chi connectivity index (χ1v) is 4.42. The zero-order valence-corrected chi connectivity index (χ0v) is 7.92. The predicted octanol–water partition coefficient (Wildman–Crippen LogP) is 0.727. The molecule has 4 nitrogen and oxygen atoms in total. The number of rotatable bonds is 7. The zero-order chi connectivity index (χ0) is 10.1. The minimum atomic E-state index is -0.180. The largest absolute Gasteiger partial charge is 0.495 e. The van der Waals surface area contributed by atoms with Gasteiger partial charge in [-0.25, -0.2) is 0 Å². The SMILES string of the molecule is CC(=O)/C=C(\O)NCCCCCO. The van der Waals surface area contributed by atoms with Crippen LogP contribution in [0.1, 0.15) is 26.2 Å². The summed E-state index contributed by atoms with van der Waals surface area (Å²) in [4.78, 5) is 10.5. The maximum absolute atomic E-state index is 10.5. The van der Waals surface area contributed by atoms with E-state index < -0.39 is 0 Å². The molecule has 0 unspecified atom stereocenters. The number of aliphatic hydroxyl groups is 2. The summed E-state index contributed by atoms with van der Waals surface area (Å²) >= 11 is 0. The number of carbonyl (C=O) groups is 1. The van der Waals surface area contributed by atoms with E-state index >= 15 is 0 Å². The van der Waals surface area contributed by atoms with E-state index in [0.717, 1.165) is 25.3 Å². The van der Waals surface area contributed by atoms with Crippen LogP contribution < -0.4 is 5.32 Å². The van der Waals surface area contributed by atoms with Crippen LogP contribution in [0.25, 0.3) is 0 Å². The molecule has 0 radical (unpaired) electrons. The number of nitrogens with one attached hydrogen (secondary N) is 1. The Morgan fingerprint density at radius 2 is 2.08 bits per heavy atom. The van der Waals surface area contributed by atoms with Crippen molar-refractivity contribution in [1.29, 1.82) is 0 Å². The first-order valence-electron chi connectivity index (χ1n) is 4.42. The normalized spacial score (nSPS) is 11.4. The maximum atomic E-state index is 10.5. The van der Waals surface area contributed by atoms with Crippen LogP contribution in [-0.2, 0) is 4.79 Å². The molecule has 13 heavy (non-hydrogen) atoms. The van der Waals surface area contributed by atoms with Gasteiger partial charge in [-0.15, -0.1) is 0 Å². The van der Waals surface area contributed by atoms with E-state index in [-0.39, 0.29) is 18.3 Å². The molecule has 0 aliphatic rings. The van der Waals surface area contributed by atoms with E-state index in [1.54, 1.807) is 0 Å². The third-order valence-corrected chi connectivity index (χ3v) is 1.48. The van der Waals surface area contributed by atoms with Gasteiger partial charge in [0.1, 0.15) is 0 Å². The molecule has 0 aliphatic carbocycles. The molecule has 0 spiro atoms. The average Bonchev–Trinajstić information content (AvgIpc) is 2.02. The van der Waals surface area contributed by atoms with Gasteiger partial charge in [0.2, 0.25) is 0 Å². The molecule has 0 fully saturated rings. The van der Waals surface area contributed by atoms with Gasteiger partial charge in [-0.05, 0) is 26.2 Å².